The number of aliphatic hydroxyl groups excluding tert-OH is 1. The summed E-state index contributed by atoms with van der Waals surface area (Å²) in [6.45, 7) is 1.62. The highest BCUT2D eigenvalue weighted by atomic mass is 35.5. The fourth-order valence-corrected chi connectivity index (χ4v) is 2.14. The Morgan fingerprint density at radius 3 is 2.22 bits per heavy atom. The highest BCUT2D eigenvalue weighted by Crippen LogP contribution is 2.19. The fourth-order valence-electron chi connectivity index (χ4n) is 2.01. The average molecular weight is 333 g/mol. The first-order valence-electron chi connectivity index (χ1n) is 7.08. The van der Waals surface area contributed by atoms with Crippen molar-refractivity contribution in [3.05, 3.63) is 65.2 Å². The molecule has 2 unspecified atom stereocenters. The number of benzene rings is 2. The van der Waals surface area contributed by atoms with Gasteiger partial charge in [0.1, 0.15) is 0 Å². The van der Waals surface area contributed by atoms with Crippen LogP contribution in [-0.2, 0) is 9.59 Å². The summed E-state index contributed by atoms with van der Waals surface area (Å²) in [7, 11) is 0. The van der Waals surface area contributed by atoms with Crippen molar-refractivity contribution < 1.29 is 14.7 Å². The number of anilines is 1. The molecular formula is C17H17ClN2O3. The number of aliphatic hydroxyl groups is 1. The van der Waals surface area contributed by atoms with Crippen molar-refractivity contribution in [2.45, 2.75) is 19.1 Å². The van der Waals surface area contributed by atoms with Crippen LogP contribution in [0.5, 0.6) is 0 Å². The second kappa shape index (κ2) is 7.76. The van der Waals surface area contributed by atoms with E-state index >= 15 is 0 Å². The Hall–Kier alpha value is -2.37. The van der Waals surface area contributed by atoms with Gasteiger partial charge in [-0.05, 0) is 36.8 Å². The minimum absolute atomic E-state index is 0.526. The normalized spacial score (nSPS) is 13.0. The zero-order valence-electron chi connectivity index (χ0n) is 12.5. The zero-order chi connectivity index (χ0) is 16.8. The Bertz CT molecular complexity index is 674. The van der Waals surface area contributed by atoms with Crippen molar-refractivity contribution in [2.24, 2.45) is 0 Å². The van der Waals surface area contributed by atoms with Crippen LogP contribution in [0, 0.1) is 0 Å². The predicted molar refractivity (Wildman–Crippen MR) is 89.1 cm³/mol. The SMILES string of the molecule is CC(NC(=O)C(=O)Nc1ccccc1)C(O)c1ccc(Cl)cc1. The first-order chi connectivity index (χ1) is 11.0. The van der Waals surface area contributed by atoms with E-state index in [4.69, 9.17) is 11.6 Å². The van der Waals surface area contributed by atoms with Crippen LogP contribution in [0.2, 0.25) is 5.02 Å². The quantitative estimate of drug-likeness (QED) is 0.753. The maximum Gasteiger partial charge on any atom is 0.313 e. The molecule has 0 bridgehead atoms. The zero-order valence-corrected chi connectivity index (χ0v) is 13.2. The highest BCUT2D eigenvalue weighted by molar-refractivity contribution is 6.39. The number of para-hydroxylation sites is 1. The van der Waals surface area contributed by atoms with Crippen molar-refractivity contribution >= 4 is 29.1 Å². The van der Waals surface area contributed by atoms with Crippen LogP contribution in [0.4, 0.5) is 5.69 Å². The molecule has 0 aliphatic carbocycles. The van der Waals surface area contributed by atoms with E-state index in [1.807, 2.05) is 0 Å². The minimum Gasteiger partial charge on any atom is -0.386 e. The molecular weight excluding hydrogens is 316 g/mol. The van der Waals surface area contributed by atoms with Crippen LogP contribution >= 0.6 is 11.6 Å². The molecule has 0 saturated heterocycles. The number of nitrogens with one attached hydrogen (secondary N) is 2. The van der Waals surface area contributed by atoms with Gasteiger partial charge in [-0.25, -0.2) is 0 Å². The van der Waals surface area contributed by atoms with E-state index in [0.717, 1.165) is 0 Å². The second-order valence-corrected chi connectivity index (χ2v) is 5.52. The molecule has 0 spiro atoms. The van der Waals surface area contributed by atoms with Crippen LogP contribution in [0.1, 0.15) is 18.6 Å². The molecule has 0 radical (unpaired) electrons. The number of carbonyl (C=O) groups is 2. The second-order valence-electron chi connectivity index (χ2n) is 5.08. The predicted octanol–water partition coefficient (Wildman–Crippen LogP) is 2.52. The fraction of sp³-hybridized carbons (Fsp3) is 0.176. The molecule has 0 fully saturated rings. The number of halogens is 1. The van der Waals surface area contributed by atoms with E-state index in [2.05, 4.69) is 10.6 Å². The molecule has 6 heteroatoms. The van der Waals surface area contributed by atoms with Crippen LogP contribution in [0.25, 0.3) is 0 Å². The van der Waals surface area contributed by atoms with Crippen LogP contribution in [0.3, 0.4) is 0 Å². The molecule has 0 saturated carbocycles. The molecule has 0 aromatic heterocycles. The van der Waals surface area contributed by atoms with Gasteiger partial charge in [0.15, 0.2) is 0 Å². The molecule has 5 nitrogen and oxygen atoms in total. The standard InChI is InChI=1S/C17H17ClN2O3/c1-11(15(21)12-7-9-13(18)10-8-12)19-16(22)17(23)20-14-5-3-2-4-6-14/h2-11,15,21H,1H3,(H,19,22)(H,20,23). The first-order valence-corrected chi connectivity index (χ1v) is 7.45. The summed E-state index contributed by atoms with van der Waals surface area (Å²) in [5.41, 5.74) is 1.13. The average Bonchev–Trinajstić information content (AvgIpc) is 2.55. The van der Waals surface area contributed by atoms with Gasteiger partial charge in [0, 0.05) is 10.7 Å². The van der Waals surface area contributed by atoms with E-state index in [0.29, 0.717) is 16.3 Å². The minimum atomic E-state index is -0.944. The van der Waals surface area contributed by atoms with Crippen molar-refractivity contribution in [1.82, 2.24) is 5.32 Å². The van der Waals surface area contributed by atoms with Gasteiger partial charge in [-0.1, -0.05) is 41.9 Å². The highest BCUT2D eigenvalue weighted by Gasteiger charge is 2.22. The van der Waals surface area contributed by atoms with Gasteiger partial charge in [-0.2, -0.15) is 0 Å². The monoisotopic (exact) mass is 332 g/mol. The number of rotatable bonds is 4. The van der Waals surface area contributed by atoms with Gasteiger partial charge in [-0.3, -0.25) is 9.59 Å². The van der Waals surface area contributed by atoms with Crippen molar-refractivity contribution in [1.29, 1.82) is 0 Å². The third-order valence-corrected chi connectivity index (χ3v) is 3.53. The Labute approximate surface area is 139 Å². The lowest BCUT2D eigenvalue weighted by molar-refractivity contribution is -0.137. The molecule has 2 rings (SSSR count). The van der Waals surface area contributed by atoms with Gasteiger partial charge in [0.25, 0.3) is 0 Å². The largest absolute Gasteiger partial charge is 0.386 e. The lowest BCUT2D eigenvalue weighted by Gasteiger charge is -2.20. The van der Waals surface area contributed by atoms with Crippen LogP contribution in [-0.4, -0.2) is 23.0 Å². The van der Waals surface area contributed by atoms with Gasteiger partial charge in [-0.15, -0.1) is 0 Å². The number of amides is 2. The maximum absolute atomic E-state index is 11.9. The molecule has 23 heavy (non-hydrogen) atoms. The molecule has 0 aliphatic rings. The number of hydrogen-bond acceptors (Lipinski definition) is 3. The van der Waals surface area contributed by atoms with Crippen molar-refractivity contribution in [3.8, 4) is 0 Å². The molecule has 0 aliphatic heterocycles. The third kappa shape index (κ3) is 4.81. The lowest BCUT2D eigenvalue weighted by Crippen LogP contribution is -2.43. The third-order valence-electron chi connectivity index (χ3n) is 3.28. The topological polar surface area (TPSA) is 78.4 Å². The molecule has 120 valence electrons. The Balaban J connectivity index is 1.93. The Kier molecular flexibility index (Phi) is 5.73. The van der Waals surface area contributed by atoms with Crippen molar-refractivity contribution in [3.63, 3.8) is 0 Å². The van der Waals surface area contributed by atoms with E-state index in [1.54, 1.807) is 61.5 Å². The first kappa shape index (κ1) is 17.0. The smallest absolute Gasteiger partial charge is 0.313 e. The van der Waals surface area contributed by atoms with E-state index in [9.17, 15) is 14.7 Å². The van der Waals surface area contributed by atoms with Crippen molar-refractivity contribution in [2.75, 3.05) is 5.32 Å². The summed E-state index contributed by atoms with van der Waals surface area (Å²) in [4.78, 5) is 23.7. The lowest BCUT2D eigenvalue weighted by atomic mass is 10.0. The molecule has 3 N–H and O–H groups in total. The van der Waals surface area contributed by atoms with E-state index in [-0.39, 0.29) is 0 Å². The molecule has 2 amide bonds. The maximum atomic E-state index is 11.9. The van der Waals surface area contributed by atoms with E-state index < -0.39 is 24.0 Å². The van der Waals surface area contributed by atoms with Crippen LogP contribution < -0.4 is 10.6 Å². The number of hydrogen-bond donors (Lipinski definition) is 3. The van der Waals surface area contributed by atoms with Gasteiger partial charge in [0.2, 0.25) is 0 Å². The van der Waals surface area contributed by atoms with Gasteiger partial charge >= 0.3 is 11.8 Å². The van der Waals surface area contributed by atoms with Gasteiger partial charge < -0.3 is 15.7 Å². The molecule has 2 aromatic carbocycles. The summed E-state index contributed by atoms with van der Waals surface area (Å²) in [5, 5.41) is 15.7. The Morgan fingerprint density at radius 1 is 1.00 bits per heavy atom. The van der Waals surface area contributed by atoms with Gasteiger partial charge in [0.05, 0.1) is 12.1 Å². The molecule has 2 atom stereocenters. The van der Waals surface area contributed by atoms with E-state index in [1.165, 1.54) is 0 Å². The Morgan fingerprint density at radius 2 is 1.61 bits per heavy atom. The summed E-state index contributed by atoms with van der Waals surface area (Å²) in [5.74, 6) is -1.60. The summed E-state index contributed by atoms with van der Waals surface area (Å²) >= 11 is 5.79. The summed E-state index contributed by atoms with van der Waals surface area (Å²) in [6.07, 6.45) is -0.944. The van der Waals surface area contributed by atoms with Crippen LogP contribution in [0.15, 0.2) is 54.6 Å². The molecule has 0 heterocycles. The summed E-state index contributed by atoms with van der Waals surface area (Å²) in [6, 6.07) is 14.7. The molecule has 2 aromatic rings. The number of carbonyl (C=O) groups excluding carboxylic acids is 2. The summed E-state index contributed by atoms with van der Waals surface area (Å²) < 4.78 is 0.